The predicted octanol–water partition coefficient (Wildman–Crippen LogP) is 3.63. The highest BCUT2D eigenvalue weighted by atomic mass is 32.2. The minimum atomic E-state index is 0.642. The van der Waals surface area contributed by atoms with Gasteiger partial charge in [-0.2, -0.15) is 0 Å². The highest BCUT2D eigenvalue weighted by Crippen LogP contribution is 2.29. The molecule has 0 radical (unpaired) electrons. The zero-order valence-electron chi connectivity index (χ0n) is 9.36. The van der Waals surface area contributed by atoms with Gasteiger partial charge in [0.05, 0.1) is 10.4 Å². The Balaban J connectivity index is 2.04. The van der Waals surface area contributed by atoms with Crippen molar-refractivity contribution in [3.8, 4) is 0 Å². The van der Waals surface area contributed by atoms with Crippen LogP contribution < -0.4 is 5.73 Å². The number of thiazole rings is 1. The van der Waals surface area contributed by atoms with Gasteiger partial charge in [-0.15, -0.1) is 11.8 Å². The maximum Gasteiger partial charge on any atom is 0.181 e. The number of anilines is 1. The average Bonchev–Trinajstić information content (AvgIpc) is 2.60. The smallest absolute Gasteiger partial charge is 0.181 e. The number of nitrogen functional groups attached to an aromatic ring is 1. The van der Waals surface area contributed by atoms with Gasteiger partial charge in [-0.1, -0.05) is 40.7 Å². The molecule has 0 aliphatic rings. The highest BCUT2D eigenvalue weighted by molar-refractivity contribution is 8.00. The van der Waals surface area contributed by atoms with Crippen LogP contribution in [0.15, 0.2) is 28.6 Å². The van der Waals surface area contributed by atoms with Gasteiger partial charge < -0.3 is 5.73 Å². The molecule has 4 heteroatoms. The number of nitrogens with zero attached hydrogens (tertiary/aromatic N) is 1. The van der Waals surface area contributed by atoms with E-state index in [4.69, 9.17) is 5.73 Å². The molecule has 0 aliphatic carbocycles. The van der Waals surface area contributed by atoms with Gasteiger partial charge >= 0.3 is 0 Å². The van der Waals surface area contributed by atoms with Crippen LogP contribution >= 0.6 is 23.1 Å². The summed E-state index contributed by atoms with van der Waals surface area (Å²) in [5, 5.41) is 0.642. The monoisotopic (exact) mass is 250 g/mol. The standard InChI is InChI=1S/C12H14N2S2/c1-8-3-9(2)5-10(4-8)7-15-11-6-14-12(13)16-11/h3-6H,7H2,1-2H3,(H2,13,14). The molecule has 16 heavy (non-hydrogen) atoms. The molecule has 1 aromatic carbocycles. The summed E-state index contributed by atoms with van der Waals surface area (Å²) < 4.78 is 1.18. The fraction of sp³-hybridized carbons (Fsp3) is 0.250. The first-order valence-electron chi connectivity index (χ1n) is 5.05. The molecule has 0 unspecified atom stereocenters. The Kier molecular flexibility index (Phi) is 3.51. The number of nitrogens with two attached hydrogens (primary N) is 1. The van der Waals surface area contributed by atoms with Gasteiger partial charge in [0, 0.05) is 5.75 Å². The second-order valence-corrected chi connectivity index (χ2v) is 6.14. The van der Waals surface area contributed by atoms with E-state index in [1.165, 1.54) is 20.9 Å². The summed E-state index contributed by atoms with van der Waals surface area (Å²) in [6.07, 6.45) is 1.84. The Hall–Kier alpha value is -1.00. The molecular weight excluding hydrogens is 236 g/mol. The van der Waals surface area contributed by atoms with Gasteiger partial charge in [-0.05, 0) is 19.4 Å². The molecule has 2 N–H and O–H groups in total. The first-order chi connectivity index (χ1) is 7.63. The van der Waals surface area contributed by atoms with E-state index in [0.29, 0.717) is 5.13 Å². The van der Waals surface area contributed by atoms with Crippen molar-refractivity contribution in [2.24, 2.45) is 0 Å². The van der Waals surface area contributed by atoms with E-state index in [2.05, 4.69) is 37.0 Å². The van der Waals surface area contributed by atoms with Gasteiger partial charge in [0.25, 0.3) is 0 Å². The van der Waals surface area contributed by atoms with Crippen molar-refractivity contribution in [1.82, 2.24) is 4.98 Å². The average molecular weight is 250 g/mol. The minimum absolute atomic E-state index is 0.642. The van der Waals surface area contributed by atoms with Crippen LogP contribution in [0, 0.1) is 13.8 Å². The summed E-state index contributed by atoms with van der Waals surface area (Å²) in [4.78, 5) is 4.04. The number of rotatable bonds is 3. The second-order valence-electron chi connectivity index (χ2n) is 3.80. The fourth-order valence-electron chi connectivity index (χ4n) is 1.65. The maximum absolute atomic E-state index is 5.59. The van der Waals surface area contributed by atoms with E-state index in [1.807, 2.05) is 6.20 Å². The summed E-state index contributed by atoms with van der Waals surface area (Å²) in [5.74, 6) is 0.976. The van der Waals surface area contributed by atoms with E-state index in [1.54, 1.807) is 23.1 Å². The van der Waals surface area contributed by atoms with Crippen molar-refractivity contribution >= 4 is 28.2 Å². The molecule has 0 atom stereocenters. The lowest BCUT2D eigenvalue weighted by atomic mass is 10.1. The molecule has 2 nitrogen and oxygen atoms in total. The summed E-state index contributed by atoms with van der Waals surface area (Å²) in [6.45, 7) is 4.26. The van der Waals surface area contributed by atoms with Crippen molar-refractivity contribution < 1.29 is 0 Å². The van der Waals surface area contributed by atoms with Crippen molar-refractivity contribution in [2.75, 3.05) is 5.73 Å². The van der Waals surface area contributed by atoms with Crippen LogP contribution in [0.5, 0.6) is 0 Å². The summed E-state index contributed by atoms with van der Waals surface area (Å²) in [7, 11) is 0. The molecule has 2 aromatic rings. The number of benzene rings is 1. The lowest BCUT2D eigenvalue weighted by molar-refractivity contribution is 1.30. The lowest BCUT2D eigenvalue weighted by Crippen LogP contribution is -1.84. The number of thioether (sulfide) groups is 1. The van der Waals surface area contributed by atoms with Crippen molar-refractivity contribution in [2.45, 2.75) is 23.8 Å². The highest BCUT2D eigenvalue weighted by Gasteiger charge is 2.01. The van der Waals surface area contributed by atoms with E-state index < -0.39 is 0 Å². The molecule has 0 spiro atoms. The molecule has 0 saturated heterocycles. The Morgan fingerprint density at radius 2 is 1.94 bits per heavy atom. The second kappa shape index (κ2) is 4.89. The Morgan fingerprint density at radius 1 is 1.25 bits per heavy atom. The van der Waals surface area contributed by atoms with Gasteiger partial charge in [0.15, 0.2) is 5.13 Å². The Bertz CT molecular complexity index is 471. The molecule has 1 heterocycles. The maximum atomic E-state index is 5.59. The molecular formula is C12H14N2S2. The molecule has 0 aliphatic heterocycles. The van der Waals surface area contributed by atoms with E-state index in [9.17, 15) is 0 Å². The first kappa shape index (κ1) is 11.5. The van der Waals surface area contributed by atoms with Gasteiger partial charge in [0.2, 0.25) is 0 Å². The minimum Gasteiger partial charge on any atom is -0.375 e. The summed E-state index contributed by atoms with van der Waals surface area (Å²) >= 11 is 3.33. The van der Waals surface area contributed by atoms with Crippen LogP contribution in [-0.4, -0.2) is 4.98 Å². The molecule has 0 bridgehead atoms. The van der Waals surface area contributed by atoms with Crippen LogP contribution in [-0.2, 0) is 5.75 Å². The Morgan fingerprint density at radius 3 is 2.50 bits per heavy atom. The zero-order valence-corrected chi connectivity index (χ0v) is 11.0. The van der Waals surface area contributed by atoms with Crippen molar-refractivity contribution in [1.29, 1.82) is 0 Å². The van der Waals surface area contributed by atoms with Crippen LogP contribution in [0.3, 0.4) is 0 Å². The third-order valence-electron chi connectivity index (χ3n) is 2.16. The van der Waals surface area contributed by atoms with E-state index in [0.717, 1.165) is 5.75 Å². The third kappa shape index (κ3) is 3.00. The predicted molar refractivity (Wildman–Crippen MR) is 72.0 cm³/mol. The molecule has 0 amide bonds. The SMILES string of the molecule is Cc1cc(C)cc(CSc2cnc(N)s2)c1. The molecule has 2 rings (SSSR count). The van der Waals surface area contributed by atoms with Gasteiger partial charge in [-0.25, -0.2) is 4.98 Å². The summed E-state index contributed by atoms with van der Waals surface area (Å²) in [5.41, 5.74) is 9.58. The largest absolute Gasteiger partial charge is 0.375 e. The van der Waals surface area contributed by atoms with Crippen molar-refractivity contribution in [3.63, 3.8) is 0 Å². The van der Waals surface area contributed by atoms with Gasteiger partial charge in [0.1, 0.15) is 0 Å². The topological polar surface area (TPSA) is 38.9 Å². The van der Waals surface area contributed by atoms with E-state index in [-0.39, 0.29) is 0 Å². The quantitative estimate of drug-likeness (QED) is 0.845. The number of hydrogen-bond acceptors (Lipinski definition) is 4. The molecule has 0 fully saturated rings. The van der Waals surface area contributed by atoms with Crippen LogP contribution in [0.1, 0.15) is 16.7 Å². The number of hydrogen-bond donors (Lipinski definition) is 1. The van der Waals surface area contributed by atoms with Crippen LogP contribution in [0.4, 0.5) is 5.13 Å². The molecule has 1 aromatic heterocycles. The normalized spacial score (nSPS) is 10.6. The number of aromatic nitrogens is 1. The zero-order chi connectivity index (χ0) is 11.5. The number of aryl methyl sites for hydroxylation is 2. The third-order valence-corrected chi connectivity index (χ3v) is 4.26. The molecule has 0 saturated carbocycles. The Labute approximate surface area is 104 Å². The van der Waals surface area contributed by atoms with Crippen LogP contribution in [0.2, 0.25) is 0 Å². The van der Waals surface area contributed by atoms with Gasteiger partial charge in [-0.3, -0.25) is 0 Å². The lowest BCUT2D eigenvalue weighted by Gasteiger charge is -2.03. The first-order valence-corrected chi connectivity index (χ1v) is 6.85. The van der Waals surface area contributed by atoms with Crippen molar-refractivity contribution in [3.05, 3.63) is 41.1 Å². The fourth-order valence-corrected chi connectivity index (χ4v) is 3.33. The van der Waals surface area contributed by atoms with Crippen LogP contribution in [0.25, 0.3) is 0 Å². The summed E-state index contributed by atoms with van der Waals surface area (Å²) in [6, 6.07) is 6.65. The van der Waals surface area contributed by atoms with E-state index >= 15 is 0 Å². The molecule has 84 valence electrons.